The Kier molecular flexibility index (Phi) is 7.52. The molecule has 234 valence electrons. The Hall–Kier alpha value is -2.25. The van der Waals surface area contributed by atoms with Crippen LogP contribution in [-0.4, -0.2) is 41.2 Å². The minimum absolute atomic E-state index is 0.0961. The first-order chi connectivity index (χ1) is 20.6. The van der Waals surface area contributed by atoms with Gasteiger partial charge in [0, 0.05) is 37.4 Å². The lowest BCUT2D eigenvalue weighted by molar-refractivity contribution is -0.130. The fourth-order valence-electron chi connectivity index (χ4n) is 11.2. The van der Waals surface area contributed by atoms with Crippen LogP contribution in [0.4, 0.5) is 0 Å². The number of nitrogens with zero attached hydrogens (tertiary/aromatic N) is 1. The van der Waals surface area contributed by atoms with Gasteiger partial charge in [0.1, 0.15) is 12.1 Å². The lowest BCUT2D eigenvalue weighted by Gasteiger charge is -2.58. The number of carbonyl (C=O) groups is 2. The molecule has 1 aromatic heterocycles. The van der Waals surface area contributed by atoms with E-state index in [1.165, 1.54) is 32.1 Å². The first kappa shape index (κ1) is 29.5. The van der Waals surface area contributed by atoms with Gasteiger partial charge in [-0.05, 0) is 110 Å². The quantitative estimate of drug-likeness (QED) is 0.312. The molecule has 6 aliphatic rings. The van der Waals surface area contributed by atoms with Gasteiger partial charge in [-0.3, -0.25) is 19.9 Å². The molecule has 7 rings (SSSR count). The molecule has 2 aliphatic heterocycles. The van der Waals surface area contributed by atoms with Crippen molar-refractivity contribution < 1.29 is 14.3 Å². The van der Waals surface area contributed by atoms with Crippen LogP contribution < -0.4 is 16.0 Å². The van der Waals surface area contributed by atoms with E-state index >= 15 is 0 Å². The van der Waals surface area contributed by atoms with Crippen LogP contribution in [0.2, 0.25) is 0 Å². The van der Waals surface area contributed by atoms with Crippen molar-refractivity contribution in [2.24, 2.45) is 46.3 Å². The summed E-state index contributed by atoms with van der Waals surface area (Å²) in [6, 6.07) is 3.88. The number of fused-ring (bicyclic) bond motifs is 7. The maximum atomic E-state index is 12.8. The molecule has 7 nitrogen and oxygen atoms in total. The van der Waals surface area contributed by atoms with Gasteiger partial charge in [0.05, 0.1) is 6.10 Å². The lowest BCUT2D eigenvalue weighted by atomic mass is 9.46. The van der Waals surface area contributed by atoms with Crippen LogP contribution in [0.5, 0.6) is 0 Å². The van der Waals surface area contributed by atoms with Crippen LogP contribution in [0.15, 0.2) is 36.2 Å². The highest BCUT2D eigenvalue weighted by Gasteiger charge is 2.68. The number of aromatic nitrogens is 1. The highest BCUT2D eigenvalue weighted by atomic mass is 16.5. The lowest BCUT2D eigenvalue weighted by Crippen LogP contribution is -2.57. The third-order valence-electron chi connectivity index (χ3n) is 13.5. The largest absolute Gasteiger partial charge is 0.357 e. The third-order valence-corrected chi connectivity index (χ3v) is 13.5. The molecule has 7 heteroatoms. The summed E-state index contributed by atoms with van der Waals surface area (Å²) in [4.78, 5) is 29.3. The molecule has 2 amide bonds. The second-order valence-electron chi connectivity index (χ2n) is 15.7. The smallest absolute Gasteiger partial charge is 0.229 e. The molecule has 0 unspecified atom stereocenters. The molecule has 4 aliphatic carbocycles. The summed E-state index contributed by atoms with van der Waals surface area (Å²) in [5, 5.41) is 9.93. The van der Waals surface area contributed by atoms with Gasteiger partial charge in [-0.2, -0.15) is 0 Å². The number of carbonyl (C=O) groups excluding carboxylic acids is 2. The van der Waals surface area contributed by atoms with E-state index in [0.29, 0.717) is 29.9 Å². The average Bonchev–Trinajstić information content (AvgIpc) is 3.44. The average molecular weight is 589 g/mol. The van der Waals surface area contributed by atoms with Crippen molar-refractivity contribution in [1.82, 2.24) is 20.9 Å². The van der Waals surface area contributed by atoms with Crippen LogP contribution in [0.3, 0.4) is 0 Å². The number of rotatable bonds is 5. The molecule has 1 aromatic rings. The monoisotopic (exact) mass is 588 g/mol. The summed E-state index contributed by atoms with van der Waals surface area (Å²) >= 11 is 0. The Bertz CT molecular complexity index is 1260. The molecule has 0 bridgehead atoms. The first-order valence-electron chi connectivity index (χ1n) is 17.2. The summed E-state index contributed by atoms with van der Waals surface area (Å²) < 4.78 is 7.06. The third kappa shape index (κ3) is 4.97. The molecule has 0 aromatic carbocycles. The molecular weight excluding hydrogens is 536 g/mol. The van der Waals surface area contributed by atoms with Crippen LogP contribution in [0, 0.1) is 46.3 Å². The standard InChI is InChI=1S/C36H52N4O3/c1-22-9-14-36(39-19-22)23(2)33-30(43-36)17-29-27-8-7-25-16-26(10-12-34(25,3)28(27)11-13-35(29,33)4)40-32(42)18-31(41)38-21-24-6-5-15-37-20-24/h5-7,15,20,22-23,26-30,33,39H,8-14,16-19,21H2,1-4H3,(H,38,41)(H,40,42)/t22-,23+,26-,27-,28+,29+,30+,33+,34+,35+,36-/m1/s1. The van der Waals surface area contributed by atoms with Gasteiger partial charge in [-0.15, -0.1) is 0 Å². The fourth-order valence-corrected chi connectivity index (χ4v) is 11.2. The van der Waals surface area contributed by atoms with E-state index in [1.807, 2.05) is 12.1 Å². The number of nitrogens with one attached hydrogen (secondary N) is 3. The van der Waals surface area contributed by atoms with Crippen molar-refractivity contribution in [2.75, 3.05) is 6.54 Å². The van der Waals surface area contributed by atoms with E-state index < -0.39 is 0 Å². The van der Waals surface area contributed by atoms with Gasteiger partial charge in [0.15, 0.2) is 0 Å². The number of ether oxygens (including phenoxy) is 1. The topological polar surface area (TPSA) is 92.4 Å². The zero-order chi connectivity index (χ0) is 30.0. The van der Waals surface area contributed by atoms with Crippen molar-refractivity contribution >= 4 is 11.8 Å². The molecule has 1 spiro atoms. The van der Waals surface area contributed by atoms with Crippen molar-refractivity contribution in [2.45, 2.75) is 116 Å². The van der Waals surface area contributed by atoms with Crippen molar-refractivity contribution in [3.63, 3.8) is 0 Å². The number of amides is 2. The van der Waals surface area contributed by atoms with Crippen molar-refractivity contribution in [1.29, 1.82) is 0 Å². The summed E-state index contributed by atoms with van der Waals surface area (Å²) in [6.07, 6.45) is 16.8. The van der Waals surface area contributed by atoms with E-state index in [4.69, 9.17) is 4.74 Å². The summed E-state index contributed by atoms with van der Waals surface area (Å²) in [6.45, 7) is 11.5. The van der Waals surface area contributed by atoms with Gasteiger partial charge < -0.3 is 15.4 Å². The molecule has 3 saturated carbocycles. The van der Waals surface area contributed by atoms with E-state index in [2.05, 4.69) is 54.7 Å². The molecule has 11 atom stereocenters. The highest BCUT2D eigenvalue weighted by Crippen LogP contribution is 2.70. The van der Waals surface area contributed by atoms with Crippen LogP contribution in [0.25, 0.3) is 0 Å². The molecule has 0 radical (unpaired) electrons. The Balaban J connectivity index is 0.975. The highest BCUT2D eigenvalue weighted by molar-refractivity contribution is 5.96. The Morgan fingerprint density at radius 2 is 1.95 bits per heavy atom. The molecule has 3 heterocycles. The van der Waals surface area contributed by atoms with E-state index in [9.17, 15) is 9.59 Å². The second-order valence-corrected chi connectivity index (χ2v) is 15.7. The number of piperidine rings is 1. The van der Waals surface area contributed by atoms with Gasteiger partial charge in [-0.25, -0.2) is 0 Å². The van der Waals surface area contributed by atoms with Crippen LogP contribution >= 0.6 is 0 Å². The Morgan fingerprint density at radius 3 is 2.72 bits per heavy atom. The van der Waals surface area contributed by atoms with Crippen molar-refractivity contribution in [3.8, 4) is 0 Å². The number of allylic oxidation sites excluding steroid dienone is 1. The van der Waals surface area contributed by atoms with Gasteiger partial charge >= 0.3 is 0 Å². The fraction of sp³-hybridized carbons (Fsp3) is 0.750. The Morgan fingerprint density at radius 1 is 1.09 bits per heavy atom. The summed E-state index contributed by atoms with van der Waals surface area (Å²) in [5.74, 6) is 3.74. The van der Waals surface area contributed by atoms with Gasteiger partial charge in [0.2, 0.25) is 11.8 Å². The van der Waals surface area contributed by atoms with Gasteiger partial charge in [0.25, 0.3) is 0 Å². The van der Waals surface area contributed by atoms with E-state index in [-0.39, 0.29) is 35.4 Å². The maximum absolute atomic E-state index is 12.8. The zero-order valence-electron chi connectivity index (χ0n) is 26.7. The van der Waals surface area contributed by atoms with E-state index in [1.54, 1.807) is 18.0 Å². The normalized spacial score (nSPS) is 44.9. The zero-order valence-corrected chi connectivity index (χ0v) is 26.7. The summed E-state index contributed by atoms with van der Waals surface area (Å²) in [7, 11) is 0. The minimum atomic E-state index is -0.244. The second kappa shape index (κ2) is 11.0. The summed E-state index contributed by atoms with van der Waals surface area (Å²) in [5.41, 5.74) is 2.97. The van der Waals surface area contributed by atoms with Crippen LogP contribution in [0.1, 0.15) is 97.5 Å². The van der Waals surface area contributed by atoms with Crippen molar-refractivity contribution in [3.05, 3.63) is 41.7 Å². The predicted octanol–water partition coefficient (Wildman–Crippen LogP) is 5.51. The van der Waals surface area contributed by atoms with Gasteiger partial charge in [-0.1, -0.05) is 45.4 Å². The Labute approximate surface area is 257 Å². The first-order valence-corrected chi connectivity index (χ1v) is 17.2. The maximum Gasteiger partial charge on any atom is 0.229 e. The molecule has 2 saturated heterocycles. The number of pyridine rings is 1. The number of hydrogen-bond donors (Lipinski definition) is 3. The molecule has 43 heavy (non-hydrogen) atoms. The minimum Gasteiger partial charge on any atom is -0.357 e. The molecule has 3 N–H and O–H groups in total. The number of hydrogen-bond acceptors (Lipinski definition) is 5. The molecular formula is C36H52N4O3. The predicted molar refractivity (Wildman–Crippen MR) is 166 cm³/mol. The molecule has 5 fully saturated rings. The SMILES string of the molecule is C[C@@H]1CC[C@@]2(NC1)O[C@H]1C[C@H]3[C@@H]4CC=C5C[C@H](NC(=O)CC(=O)NCc6cccnc6)CC[C@]5(C)[C@H]4CC[C@]3(C)[C@H]1[C@@H]2C. The van der Waals surface area contributed by atoms with Crippen LogP contribution in [-0.2, 0) is 20.9 Å². The van der Waals surface area contributed by atoms with E-state index in [0.717, 1.165) is 61.5 Å².